The summed E-state index contributed by atoms with van der Waals surface area (Å²) in [6.45, 7) is 1.78. The number of aryl methyl sites for hydroxylation is 1. The van der Waals surface area contributed by atoms with Gasteiger partial charge in [0.25, 0.3) is 0 Å². The van der Waals surface area contributed by atoms with Gasteiger partial charge in [-0.15, -0.1) is 5.10 Å². The minimum Gasteiger partial charge on any atom is -0.413 e. The van der Waals surface area contributed by atoms with Gasteiger partial charge in [-0.25, -0.2) is 0 Å². The van der Waals surface area contributed by atoms with Crippen molar-refractivity contribution in [3.63, 3.8) is 0 Å². The molecular weight excluding hydrogens is 226 g/mol. The number of aromatic amines is 1. The van der Waals surface area contributed by atoms with Crippen molar-refractivity contribution in [1.82, 2.24) is 15.2 Å². The van der Waals surface area contributed by atoms with Crippen molar-refractivity contribution in [2.75, 3.05) is 5.73 Å². The van der Waals surface area contributed by atoms with Crippen LogP contribution in [0.3, 0.4) is 0 Å². The fourth-order valence-corrected chi connectivity index (χ4v) is 1.21. The molecule has 0 aliphatic carbocycles. The third kappa shape index (κ3) is 2.30. The van der Waals surface area contributed by atoms with E-state index in [9.17, 15) is 10.1 Å². The minimum atomic E-state index is -0.596. The van der Waals surface area contributed by atoms with Gasteiger partial charge in [0, 0.05) is 17.8 Å². The predicted molar refractivity (Wildman–Crippen MR) is 58.7 cm³/mol. The van der Waals surface area contributed by atoms with Crippen molar-refractivity contribution < 1.29 is 9.66 Å². The number of ether oxygens (including phenoxy) is 1. The summed E-state index contributed by atoms with van der Waals surface area (Å²) in [4.78, 5) is 13.9. The Balaban J connectivity index is 2.37. The molecule has 0 radical (unpaired) electrons. The average Bonchev–Trinajstić information content (AvgIpc) is 2.63. The van der Waals surface area contributed by atoms with Crippen LogP contribution in [0.15, 0.2) is 18.2 Å². The summed E-state index contributed by atoms with van der Waals surface area (Å²) in [5, 5.41) is 17.2. The largest absolute Gasteiger partial charge is 0.413 e. The number of nitro groups is 1. The maximum absolute atomic E-state index is 10.7. The van der Waals surface area contributed by atoms with E-state index in [4.69, 9.17) is 10.5 Å². The van der Waals surface area contributed by atoms with Crippen LogP contribution in [-0.4, -0.2) is 20.1 Å². The van der Waals surface area contributed by atoms with Gasteiger partial charge in [0.2, 0.25) is 5.88 Å². The zero-order chi connectivity index (χ0) is 12.4. The Hall–Kier alpha value is -2.64. The Labute approximate surface area is 95.6 Å². The third-order valence-electron chi connectivity index (χ3n) is 1.94. The van der Waals surface area contributed by atoms with Crippen molar-refractivity contribution in [3.8, 4) is 11.8 Å². The highest BCUT2D eigenvalue weighted by molar-refractivity contribution is 5.48. The first-order chi connectivity index (χ1) is 8.06. The second-order valence-electron chi connectivity index (χ2n) is 3.31. The number of hydrogen-bond donors (Lipinski definition) is 2. The van der Waals surface area contributed by atoms with E-state index in [1.165, 1.54) is 12.1 Å². The molecule has 2 heterocycles. The van der Waals surface area contributed by atoms with E-state index in [0.717, 1.165) is 5.69 Å². The van der Waals surface area contributed by atoms with E-state index < -0.39 is 4.92 Å². The van der Waals surface area contributed by atoms with Crippen LogP contribution in [0.2, 0.25) is 0 Å². The molecule has 0 spiro atoms. The van der Waals surface area contributed by atoms with Gasteiger partial charge in [-0.3, -0.25) is 15.2 Å². The van der Waals surface area contributed by atoms with Gasteiger partial charge in [-0.1, -0.05) is 0 Å². The smallest absolute Gasteiger partial charge is 0.331 e. The Morgan fingerprint density at radius 1 is 1.53 bits per heavy atom. The summed E-state index contributed by atoms with van der Waals surface area (Å²) in [6.07, 6.45) is 0. The molecule has 0 aliphatic heterocycles. The summed E-state index contributed by atoms with van der Waals surface area (Å²) in [5.41, 5.74) is 5.95. The summed E-state index contributed by atoms with van der Waals surface area (Å²) >= 11 is 0. The highest BCUT2D eigenvalue weighted by Crippen LogP contribution is 2.29. The fraction of sp³-hybridized carbons (Fsp3) is 0.111. The standard InChI is InChI=1S/C9H9N5O3/c1-5-4-8(13-12-5)17-9-6(14(15)16)2-3-7(10)11-9/h2-4H,1H3,(H2,10,11)(H,12,13). The topological polar surface area (TPSA) is 120 Å². The van der Waals surface area contributed by atoms with E-state index in [1.807, 2.05) is 0 Å². The molecule has 2 rings (SSSR count). The van der Waals surface area contributed by atoms with Crippen LogP contribution in [0.1, 0.15) is 5.69 Å². The van der Waals surface area contributed by atoms with Crippen LogP contribution in [0, 0.1) is 17.0 Å². The summed E-state index contributed by atoms with van der Waals surface area (Å²) in [7, 11) is 0. The number of nitrogens with one attached hydrogen (secondary N) is 1. The number of aromatic nitrogens is 3. The predicted octanol–water partition coefficient (Wildman–Crippen LogP) is 1.40. The van der Waals surface area contributed by atoms with Crippen molar-refractivity contribution >= 4 is 11.5 Å². The van der Waals surface area contributed by atoms with Gasteiger partial charge in [0.15, 0.2) is 0 Å². The summed E-state index contributed by atoms with van der Waals surface area (Å²) in [5.74, 6) is 0.156. The monoisotopic (exact) mass is 235 g/mol. The zero-order valence-electron chi connectivity index (χ0n) is 8.88. The van der Waals surface area contributed by atoms with Crippen molar-refractivity contribution in [3.05, 3.63) is 34.0 Å². The van der Waals surface area contributed by atoms with Gasteiger partial charge in [0.1, 0.15) is 5.82 Å². The van der Waals surface area contributed by atoms with Crippen LogP contribution in [0.5, 0.6) is 11.8 Å². The first kappa shape index (κ1) is 10.9. The number of nitrogens with two attached hydrogens (primary N) is 1. The molecule has 0 unspecified atom stereocenters. The maximum atomic E-state index is 10.7. The van der Waals surface area contributed by atoms with Gasteiger partial charge in [-0.2, -0.15) is 4.98 Å². The molecule has 0 fully saturated rings. The zero-order valence-corrected chi connectivity index (χ0v) is 8.88. The molecule has 17 heavy (non-hydrogen) atoms. The molecule has 0 amide bonds. The van der Waals surface area contributed by atoms with Crippen LogP contribution in [0.25, 0.3) is 0 Å². The van der Waals surface area contributed by atoms with Crippen LogP contribution >= 0.6 is 0 Å². The molecule has 0 aromatic carbocycles. The first-order valence-electron chi connectivity index (χ1n) is 4.67. The minimum absolute atomic E-state index is 0.137. The first-order valence-corrected chi connectivity index (χ1v) is 4.67. The molecule has 3 N–H and O–H groups in total. The molecule has 8 heteroatoms. The van der Waals surface area contributed by atoms with Gasteiger partial charge >= 0.3 is 11.6 Å². The lowest BCUT2D eigenvalue weighted by Crippen LogP contribution is -1.99. The number of H-pyrrole nitrogens is 1. The highest BCUT2D eigenvalue weighted by atomic mass is 16.6. The van der Waals surface area contributed by atoms with Crippen LogP contribution < -0.4 is 10.5 Å². The van der Waals surface area contributed by atoms with Gasteiger partial charge in [-0.05, 0) is 13.0 Å². The number of nitrogen functional groups attached to an aromatic ring is 1. The Morgan fingerprint density at radius 3 is 2.88 bits per heavy atom. The molecule has 2 aromatic heterocycles. The molecule has 0 atom stereocenters. The van der Waals surface area contributed by atoms with Crippen molar-refractivity contribution in [2.45, 2.75) is 6.92 Å². The lowest BCUT2D eigenvalue weighted by molar-refractivity contribution is -0.386. The van der Waals surface area contributed by atoms with E-state index in [2.05, 4.69) is 15.2 Å². The molecular formula is C9H9N5O3. The molecule has 88 valence electrons. The molecule has 8 nitrogen and oxygen atoms in total. The summed E-state index contributed by atoms with van der Waals surface area (Å²) in [6, 6.07) is 4.16. The van der Waals surface area contributed by atoms with E-state index in [-0.39, 0.29) is 23.3 Å². The van der Waals surface area contributed by atoms with Gasteiger partial charge < -0.3 is 10.5 Å². The maximum Gasteiger partial charge on any atom is 0.331 e. The molecule has 2 aromatic rings. The Bertz CT molecular complexity index is 566. The van der Waals surface area contributed by atoms with Crippen LogP contribution in [-0.2, 0) is 0 Å². The molecule has 0 saturated carbocycles. The van der Waals surface area contributed by atoms with E-state index in [1.54, 1.807) is 13.0 Å². The third-order valence-corrected chi connectivity index (χ3v) is 1.94. The number of rotatable bonds is 3. The lowest BCUT2D eigenvalue weighted by atomic mass is 10.4. The van der Waals surface area contributed by atoms with E-state index in [0.29, 0.717) is 0 Å². The second kappa shape index (κ2) is 4.08. The van der Waals surface area contributed by atoms with E-state index >= 15 is 0 Å². The van der Waals surface area contributed by atoms with Crippen LogP contribution in [0.4, 0.5) is 11.5 Å². The fourth-order valence-electron chi connectivity index (χ4n) is 1.21. The number of hydrogen-bond acceptors (Lipinski definition) is 6. The normalized spacial score (nSPS) is 10.2. The lowest BCUT2D eigenvalue weighted by Gasteiger charge is -2.02. The molecule has 0 saturated heterocycles. The number of nitrogens with zero attached hydrogens (tertiary/aromatic N) is 3. The second-order valence-corrected chi connectivity index (χ2v) is 3.31. The summed E-state index contributed by atoms with van der Waals surface area (Å²) < 4.78 is 5.20. The quantitative estimate of drug-likeness (QED) is 0.612. The van der Waals surface area contributed by atoms with Crippen molar-refractivity contribution in [1.29, 1.82) is 0 Å². The van der Waals surface area contributed by atoms with Gasteiger partial charge in [0.05, 0.1) is 4.92 Å². The Kier molecular flexibility index (Phi) is 2.61. The number of pyridine rings is 1. The molecule has 0 aliphatic rings. The Morgan fingerprint density at radius 2 is 2.29 bits per heavy atom. The SMILES string of the molecule is Cc1cc(Oc2nc(N)ccc2[N+](=O)[O-])n[nH]1. The molecule has 0 bridgehead atoms. The van der Waals surface area contributed by atoms with Crippen molar-refractivity contribution in [2.24, 2.45) is 0 Å². The number of anilines is 1. The highest BCUT2D eigenvalue weighted by Gasteiger charge is 2.18. The average molecular weight is 235 g/mol.